The molecule has 1 aromatic heterocycles. The van der Waals surface area contributed by atoms with Crippen LogP contribution in [0, 0.1) is 6.92 Å². The van der Waals surface area contributed by atoms with Gasteiger partial charge in [-0.25, -0.2) is 4.98 Å². The molecule has 1 fully saturated rings. The molecular weight excluding hydrogens is 552 g/mol. The van der Waals surface area contributed by atoms with Gasteiger partial charge in [0.15, 0.2) is 16.6 Å². The minimum Gasteiger partial charge on any atom is -0.507 e. The van der Waals surface area contributed by atoms with E-state index in [0.29, 0.717) is 47.4 Å². The summed E-state index contributed by atoms with van der Waals surface area (Å²) in [5.41, 5.74) is 3.77. The zero-order valence-electron chi connectivity index (χ0n) is 24.0. The molecule has 42 heavy (non-hydrogen) atoms. The van der Waals surface area contributed by atoms with Gasteiger partial charge in [-0.3, -0.25) is 14.5 Å². The first-order valence-corrected chi connectivity index (χ1v) is 15.0. The van der Waals surface area contributed by atoms with Crippen LogP contribution in [0.2, 0.25) is 0 Å². The van der Waals surface area contributed by atoms with Gasteiger partial charge < -0.3 is 19.3 Å². The Morgan fingerprint density at radius 2 is 1.90 bits per heavy atom. The van der Waals surface area contributed by atoms with Gasteiger partial charge in [0, 0.05) is 12.0 Å². The number of hydrogen-bond donors (Lipinski definition) is 1. The molecule has 2 aliphatic rings. The van der Waals surface area contributed by atoms with E-state index in [0.717, 1.165) is 33.5 Å². The maximum Gasteiger partial charge on any atom is 0.301 e. The molecule has 2 aliphatic heterocycles. The van der Waals surface area contributed by atoms with Crippen LogP contribution in [-0.4, -0.2) is 41.1 Å². The lowest BCUT2D eigenvalue weighted by Crippen LogP contribution is -2.29. The summed E-state index contributed by atoms with van der Waals surface area (Å²) in [6, 6.07) is 15.6. The van der Waals surface area contributed by atoms with Crippen LogP contribution in [0.3, 0.4) is 0 Å². The number of ketones is 1. The van der Waals surface area contributed by atoms with Crippen molar-refractivity contribution >= 4 is 44.1 Å². The van der Waals surface area contributed by atoms with E-state index in [-0.39, 0.29) is 17.4 Å². The van der Waals surface area contributed by atoms with E-state index in [4.69, 9.17) is 19.2 Å². The summed E-state index contributed by atoms with van der Waals surface area (Å²) in [6.07, 6.45) is 1.54. The molecule has 0 bridgehead atoms. The number of thiazole rings is 1. The number of aliphatic hydroxyl groups is 1. The van der Waals surface area contributed by atoms with Crippen molar-refractivity contribution in [3.05, 3.63) is 82.4 Å². The van der Waals surface area contributed by atoms with Gasteiger partial charge in [-0.05, 0) is 86.3 Å². The van der Waals surface area contributed by atoms with Gasteiger partial charge in [-0.15, -0.1) is 0 Å². The number of amides is 1. The van der Waals surface area contributed by atoms with Crippen molar-refractivity contribution in [1.29, 1.82) is 0 Å². The third-order valence-corrected chi connectivity index (χ3v) is 8.42. The quantitative estimate of drug-likeness (QED) is 0.139. The highest BCUT2D eigenvalue weighted by Crippen LogP contribution is 2.46. The van der Waals surface area contributed by atoms with Gasteiger partial charge in [-0.1, -0.05) is 30.4 Å². The Hall–Kier alpha value is -4.37. The normalized spacial score (nSPS) is 19.3. The van der Waals surface area contributed by atoms with Gasteiger partial charge >= 0.3 is 5.91 Å². The van der Waals surface area contributed by atoms with Crippen molar-refractivity contribution in [3.63, 3.8) is 0 Å². The lowest BCUT2D eigenvalue weighted by molar-refractivity contribution is -0.132. The van der Waals surface area contributed by atoms with E-state index < -0.39 is 17.7 Å². The van der Waals surface area contributed by atoms with Crippen molar-refractivity contribution < 1.29 is 28.9 Å². The summed E-state index contributed by atoms with van der Waals surface area (Å²) < 4.78 is 18.5. The molecule has 3 aromatic carbocycles. The predicted octanol–water partition coefficient (Wildman–Crippen LogP) is 6.74. The highest BCUT2D eigenvalue weighted by atomic mass is 32.1. The molecule has 2 atom stereocenters. The SMILES string of the molecule is CCCOc1ccc([C@@H]2C(=C(O)c3ccc4c(c3)C[C@H](C)O4)C(=O)C(=O)N2c2nc3ccc(C)cc3s2)cc1OCC. The Kier molecular flexibility index (Phi) is 7.36. The molecule has 1 N–H and O–H groups in total. The molecule has 9 heteroatoms. The summed E-state index contributed by atoms with van der Waals surface area (Å²) in [4.78, 5) is 33.6. The monoisotopic (exact) mass is 584 g/mol. The number of Topliss-reactive ketones (excluding diaryl/α,β-unsaturated/α-hetero) is 1. The first-order valence-electron chi connectivity index (χ1n) is 14.2. The molecule has 0 aliphatic carbocycles. The van der Waals surface area contributed by atoms with Crippen molar-refractivity contribution in [2.45, 2.75) is 52.7 Å². The van der Waals surface area contributed by atoms with Gasteiger partial charge in [0.2, 0.25) is 0 Å². The predicted molar refractivity (Wildman–Crippen MR) is 163 cm³/mol. The van der Waals surface area contributed by atoms with E-state index in [2.05, 4.69) is 0 Å². The minimum absolute atomic E-state index is 0.00738. The highest BCUT2D eigenvalue weighted by Gasteiger charge is 2.48. The molecule has 8 nitrogen and oxygen atoms in total. The summed E-state index contributed by atoms with van der Waals surface area (Å²) in [6.45, 7) is 8.79. The highest BCUT2D eigenvalue weighted by molar-refractivity contribution is 7.22. The number of aliphatic hydroxyl groups excluding tert-OH is 1. The molecule has 216 valence electrons. The largest absolute Gasteiger partial charge is 0.507 e. The van der Waals surface area contributed by atoms with Crippen molar-refractivity contribution in [2.24, 2.45) is 0 Å². The molecule has 0 saturated carbocycles. The Morgan fingerprint density at radius 3 is 2.69 bits per heavy atom. The lowest BCUT2D eigenvalue weighted by atomic mass is 9.94. The van der Waals surface area contributed by atoms with Gasteiger partial charge in [0.05, 0.1) is 35.0 Å². The summed E-state index contributed by atoms with van der Waals surface area (Å²) in [5, 5.41) is 12.1. The van der Waals surface area contributed by atoms with E-state index in [9.17, 15) is 14.7 Å². The molecule has 3 heterocycles. The second-order valence-electron chi connectivity index (χ2n) is 10.6. The van der Waals surface area contributed by atoms with Crippen LogP contribution < -0.4 is 19.1 Å². The van der Waals surface area contributed by atoms with E-state index in [1.165, 1.54) is 16.2 Å². The van der Waals surface area contributed by atoms with Crippen LogP contribution in [0.5, 0.6) is 17.2 Å². The second-order valence-corrected chi connectivity index (χ2v) is 11.6. The zero-order valence-corrected chi connectivity index (χ0v) is 24.8. The first kappa shape index (κ1) is 27.8. The van der Waals surface area contributed by atoms with Gasteiger partial charge in [0.1, 0.15) is 17.6 Å². The number of carbonyl (C=O) groups excluding carboxylic acids is 2. The fraction of sp³-hybridized carbons (Fsp3) is 0.303. The minimum atomic E-state index is -0.936. The smallest absolute Gasteiger partial charge is 0.301 e. The maximum absolute atomic E-state index is 13.8. The van der Waals surface area contributed by atoms with Crippen LogP contribution in [0.15, 0.2) is 60.2 Å². The van der Waals surface area contributed by atoms with Gasteiger partial charge in [-0.2, -0.15) is 0 Å². The average Bonchev–Trinajstić information content (AvgIpc) is 3.63. The van der Waals surface area contributed by atoms with Crippen molar-refractivity contribution in [2.75, 3.05) is 18.1 Å². The fourth-order valence-electron chi connectivity index (χ4n) is 5.49. The van der Waals surface area contributed by atoms with Crippen LogP contribution >= 0.6 is 11.3 Å². The Labute approximate surface area is 248 Å². The van der Waals surface area contributed by atoms with E-state index in [1.807, 2.05) is 52.0 Å². The Balaban J connectivity index is 1.53. The second kappa shape index (κ2) is 11.1. The molecule has 1 saturated heterocycles. The number of aryl methyl sites for hydroxylation is 1. The molecule has 4 aromatic rings. The summed E-state index contributed by atoms with van der Waals surface area (Å²) in [5.74, 6) is 0.0524. The lowest BCUT2D eigenvalue weighted by Gasteiger charge is -2.24. The van der Waals surface area contributed by atoms with Crippen LogP contribution in [0.1, 0.15) is 55.5 Å². The number of carbonyl (C=O) groups is 2. The molecule has 6 rings (SSSR count). The number of rotatable bonds is 8. The van der Waals surface area contributed by atoms with E-state index in [1.54, 1.807) is 30.3 Å². The Morgan fingerprint density at radius 1 is 1.07 bits per heavy atom. The summed E-state index contributed by atoms with van der Waals surface area (Å²) >= 11 is 1.33. The van der Waals surface area contributed by atoms with Crippen LogP contribution in [-0.2, 0) is 16.0 Å². The number of fused-ring (bicyclic) bond motifs is 2. The average molecular weight is 585 g/mol. The molecule has 0 unspecified atom stereocenters. The maximum atomic E-state index is 13.8. The Bertz CT molecular complexity index is 1740. The zero-order chi connectivity index (χ0) is 29.5. The van der Waals surface area contributed by atoms with Gasteiger partial charge in [0.25, 0.3) is 5.78 Å². The third kappa shape index (κ3) is 4.87. The third-order valence-electron chi connectivity index (χ3n) is 7.40. The number of anilines is 1. The molecule has 1 amide bonds. The molecule has 0 radical (unpaired) electrons. The number of nitrogens with zero attached hydrogens (tertiary/aromatic N) is 2. The van der Waals surface area contributed by atoms with Crippen LogP contribution in [0.4, 0.5) is 5.13 Å². The standard InChI is InChI=1S/C33H32N2O6S/c1-5-13-40-25-12-8-20(17-26(25)39-6-2)29-28(30(36)21-9-11-24-22(16-21)15-19(4)41-24)31(37)32(38)35(29)33-34-23-10-7-18(3)14-27(23)42-33/h7-12,14,16-17,19,29,36H,5-6,13,15H2,1-4H3/t19-,29+/m0/s1. The van der Waals surface area contributed by atoms with Crippen molar-refractivity contribution in [3.8, 4) is 17.2 Å². The molecular formula is C33H32N2O6S. The fourth-order valence-corrected chi connectivity index (χ4v) is 6.58. The molecule has 0 spiro atoms. The summed E-state index contributed by atoms with van der Waals surface area (Å²) in [7, 11) is 0. The number of benzene rings is 3. The number of aromatic nitrogens is 1. The number of hydrogen-bond acceptors (Lipinski definition) is 8. The topological polar surface area (TPSA) is 98.2 Å². The van der Waals surface area contributed by atoms with Crippen molar-refractivity contribution in [1.82, 2.24) is 4.98 Å². The first-order chi connectivity index (χ1) is 20.3. The van der Waals surface area contributed by atoms with Crippen LogP contribution in [0.25, 0.3) is 16.0 Å². The van der Waals surface area contributed by atoms with E-state index >= 15 is 0 Å². The number of ether oxygens (including phenoxy) is 3.